The Hall–Kier alpha value is -0.940. The standard InChI is InChI=1S/C10H15NO3S/c1-7(2-4-11)15-6-8-3-5-14-9(8)10(12)13/h3,5,7H,2,4,6,11H2,1H3,(H,12,13). The van der Waals surface area contributed by atoms with Crippen molar-refractivity contribution in [1.29, 1.82) is 0 Å². The van der Waals surface area contributed by atoms with Crippen molar-refractivity contribution in [2.24, 2.45) is 5.73 Å². The average Bonchev–Trinajstić information content (AvgIpc) is 2.63. The first kappa shape index (κ1) is 12.1. The lowest BCUT2D eigenvalue weighted by atomic mass is 10.3. The molecule has 5 heteroatoms. The molecule has 0 aliphatic rings. The summed E-state index contributed by atoms with van der Waals surface area (Å²) in [6, 6.07) is 1.70. The molecule has 3 N–H and O–H groups in total. The molecule has 1 atom stereocenters. The first-order valence-corrected chi connectivity index (χ1v) is 5.81. The third-order valence-electron chi connectivity index (χ3n) is 2.04. The zero-order valence-corrected chi connectivity index (χ0v) is 9.42. The van der Waals surface area contributed by atoms with Crippen molar-refractivity contribution in [2.75, 3.05) is 6.54 Å². The molecular formula is C10H15NO3S. The molecule has 0 fully saturated rings. The maximum absolute atomic E-state index is 10.7. The molecule has 1 unspecified atom stereocenters. The van der Waals surface area contributed by atoms with Crippen LogP contribution in [0, 0.1) is 0 Å². The fourth-order valence-electron chi connectivity index (χ4n) is 1.19. The summed E-state index contributed by atoms with van der Waals surface area (Å²) >= 11 is 1.69. The van der Waals surface area contributed by atoms with Gasteiger partial charge in [0, 0.05) is 16.6 Å². The minimum atomic E-state index is -1.01. The van der Waals surface area contributed by atoms with Crippen LogP contribution in [-0.4, -0.2) is 22.9 Å². The largest absolute Gasteiger partial charge is 0.475 e. The Morgan fingerprint density at radius 2 is 2.47 bits per heavy atom. The van der Waals surface area contributed by atoms with Crippen molar-refractivity contribution in [2.45, 2.75) is 24.3 Å². The van der Waals surface area contributed by atoms with Crippen LogP contribution in [-0.2, 0) is 5.75 Å². The first-order valence-electron chi connectivity index (χ1n) is 4.76. The monoisotopic (exact) mass is 229 g/mol. The van der Waals surface area contributed by atoms with Crippen LogP contribution < -0.4 is 5.73 Å². The van der Waals surface area contributed by atoms with E-state index in [1.165, 1.54) is 6.26 Å². The van der Waals surface area contributed by atoms with Crippen LogP contribution >= 0.6 is 11.8 Å². The van der Waals surface area contributed by atoms with E-state index >= 15 is 0 Å². The minimum Gasteiger partial charge on any atom is -0.475 e. The summed E-state index contributed by atoms with van der Waals surface area (Å²) in [6.45, 7) is 2.74. The molecule has 1 heterocycles. The van der Waals surface area contributed by atoms with Gasteiger partial charge in [-0.25, -0.2) is 4.79 Å². The number of carboxylic acids is 1. The molecule has 0 bridgehead atoms. The van der Waals surface area contributed by atoms with Crippen molar-refractivity contribution in [3.8, 4) is 0 Å². The number of carboxylic acid groups (broad SMARTS) is 1. The van der Waals surface area contributed by atoms with E-state index in [4.69, 9.17) is 15.3 Å². The highest BCUT2D eigenvalue weighted by Gasteiger charge is 2.14. The normalized spacial score (nSPS) is 12.7. The Balaban J connectivity index is 2.50. The minimum absolute atomic E-state index is 0.0439. The van der Waals surface area contributed by atoms with E-state index in [1.54, 1.807) is 17.8 Å². The van der Waals surface area contributed by atoms with E-state index in [-0.39, 0.29) is 5.76 Å². The van der Waals surface area contributed by atoms with Crippen LogP contribution in [0.3, 0.4) is 0 Å². The van der Waals surface area contributed by atoms with Crippen molar-refractivity contribution in [3.63, 3.8) is 0 Å². The second-order valence-corrected chi connectivity index (χ2v) is 4.71. The number of nitrogens with two attached hydrogens (primary N) is 1. The second kappa shape index (κ2) is 5.82. The second-order valence-electron chi connectivity index (χ2n) is 3.28. The number of hydrogen-bond donors (Lipinski definition) is 2. The number of aromatic carboxylic acids is 1. The lowest BCUT2D eigenvalue weighted by Crippen LogP contribution is -2.07. The predicted molar refractivity (Wildman–Crippen MR) is 60.1 cm³/mol. The van der Waals surface area contributed by atoms with Gasteiger partial charge in [0.1, 0.15) is 0 Å². The quantitative estimate of drug-likeness (QED) is 0.779. The molecule has 15 heavy (non-hydrogen) atoms. The summed E-state index contributed by atoms with van der Waals surface area (Å²) < 4.78 is 4.88. The number of carbonyl (C=O) groups is 1. The highest BCUT2D eigenvalue weighted by molar-refractivity contribution is 7.99. The molecule has 0 radical (unpaired) electrons. The maximum Gasteiger partial charge on any atom is 0.372 e. The summed E-state index contributed by atoms with van der Waals surface area (Å²) in [5.41, 5.74) is 6.16. The molecule has 4 nitrogen and oxygen atoms in total. The van der Waals surface area contributed by atoms with Gasteiger partial charge in [-0.1, -0.05) is 6.92 Å². The Bertz CT molecular complexity index is 324. The summed E-state index contributed by atoms with van der Waals surface area (Å²) in [6.07, 6.45) is 2.35. The van der Waals surface area contributed by atoms with Gasteiger partial charge >= 0.3 is 5.97 Å². The lowest BCUT2D eigenvalue weighted by molar-refractivity contribution is 0.0661. The molecule has 1 rings (SSSR count). The van der Waals surface area contributed by atoms with Gasteiger partial charge in [-0.3, -0.25) is 0 Å². The SMILES string of the molecule is CC(CCN)SCc1ccoc1C(=O)O. The van der Waals surface area contributed by atoms with Gasteiger partial charge in [0.15, 0.2) is 0 Å². The molecule has 0 amide bonds. The lowest BCUT2D eigenvalue weighted by Gasteiger charge is -2.08. The van der Waals surface area contributed by atoms with Gasteiger partial charge in [0.2, 0.25) is 5.76 Å². The van der Waals surface area contributed by atoms with E-state index in [2.05, 4.69) is 6.92 Å². The van der Waals surface area contributed by atoms with Gasteiger partial charge in [0.25, 0.3) is 0 Å². The van der Waals surface area contributed by atoms with Crippen LogP contribution in [0.2, 0.25) is 0 Å². The van der Waals surface area contributed by atoms with E-state index in [1.807, 2.05) is 0 Å². The topological polar surface area (TPSA) is 76.5 Å². The smallest absolute Gasteiger partial charge is 0.372 e. The Morgan fingerprint density at radius 3 is 3.07 bits per heavy atom. The molecule has 0 aliphatic carbocycles. The number of thioether (sulfide) groups is 1. The fourth-order valence-corrected chi connectivity index (χ4v) is 2.18. The zero-order valence-electron chi connectivity index (χ0n) is 8.60. The van der Waals surface area contributed by atoms with E-state index in [9.17, 15) is 4.79 Å². The molecule has 84 valence electrons. The number of hydrogen-bond acceptors (Lipinski definition) is 4. The molecule has 0 spiro atoms. The highest BCUT2D eigenvalue weighted by Crippen LogP contribution is 2.22. The van der Waals surface area contributed by atoms with Gasteiger partial charge in [0.05, 0.1) is 6.26 Å². The maximum atomic E-state index is 10.7. The van der Waals surface area contributed by atoms with E-state index in [0.29, 0.717) is 17.5 Å². The molecular weight excluding hydrogens is 214 g/mol. The summed E-state index contributed by atoms with van der Waals surface area (Å²) in [5.74, 6) is -0.316. The Labute approximate surface area is 92.8 Å². The van der Waals surface area contributed by atoms with Crippen molar-refractivity contribution < 1.29 is 14.3 Å². The zero-order chi connectivity index (χ0) is 11.3. The third-order valence-corrected chi connectivity index (χ3v) is 3.32. The molecule has 1 aromatic heterocycles. The Kier molecular flexibility index (Phi) is 4.71. The van der Waals surface area contributed by atoms with Crippen molar-refractivity contribution in [1.82, 2.24) is 0 Å². The van der Waals surface area contributed by atoms with E-state index in [0.717, 1.165) is 12.0 Å². The molecule has 0 saturated heterocycles. The Morgan fingerprint density at radius 1 is 1.73 bits per heavy atom. The van der Waals surface area contributed by atoms with Gasteiger partial charge < -0.3 is 15.3 Å². The van der Waals surface area contributed by atoms with Crippen LogP contribution in [0.4, 0.5) is 0 Å². The molecule has 0 saturated carbocycles. The van der Waals surface area contributed by atoms with Crippen LogP contribution in [0.5, 0.6) is 0 Å². The number of rotatable bonds is 6. The van der Waals surface area contributed by atoms with Crippen molar-refractivity contribution in [3.05, 3.63) is 23.7 Å². The van der Waals surface area contributed by atoms with Gasteiger partial charge in [-0.2, -0.15) is 11.8 Å². The van der Waals surface area contributed by atoms with Crippen LogP contribution in [0.1, 0.15) is 29.5 Å². The molecule has 0 aliphatic heterocycles. The fraction of sp³-hybridized carbons (Fsp3) is 0.500. The van der Waals surface area contributed by atoms with Crippen LogP contribution in [0.15, 0.2) is 16.7 Å². The summed E-state index contributed by atoms with van der Waals surface area (Å²) in [7, 11) is 0. The third kappa shape index (κ3) is 3.60. The molecule has 0 aromatic carbocycles. The molecule has 1 aromatic rings. The first-order chi connectivity index (χ1) is 7.15. The van der Waals surface area contributed by atoms with Gasteiger partial charge in [-0.15, -0.1) is 0 Å². The number of furan rings is 1. The summed E-state index contributed by atoms with van der Waals surface area (Å²) in [5, 5.41) is 9.24. The van der Waals surface area contributed by atoms with Crippen LogP contribution in [0.25, 0.3) is 0 Å². The van der Waals surface area contributed by atoms with E-state index < -0.39 is 5.97 Å². The van der Waals surface area contributed by atoms with Crippen molar-refractivity contribution >= 4 is 17.7 Å². The highest BCUT2D eigenvalue weighted by atomic mass is 32.2. The van der Waals surface area contributed by atoms with Gasteiger partial charge in [-0.05, 0) is 19.0 Å². The predicted octanol–water partition coefficient (Wildman–Crippen LogP) is 1.95. The summed E-state index contributed by atoms with van der Waals surface area (Å²) in [4.78, 5) is 10.7. The average molecular weight is 229 g/mol.